The molecule has 0 aliphatic carbocycles. The van der Waals surface area contributed by atoms with Crippen LogP contribution in [0.25, 0.3) is 0 Å². The minimum atomic E-state index is -1.59. The van der Waals surface area contributed by atoms with Gasteiger partial charge >= 0.3 is 6.09 Å². The van der Waals surface area contributed by atoms with Crippen LogP contribution in [0.3, 0.4) is 0 Å². The number of rotatable bonds is 4. The van der Waals surface area contributed by atoms with Crippen molar-refractivity contribution in [2.45, 2.75) is 51.9 Å². The number of nitrogens with zero attached hydrogens (tertiary/aromatic N) is 1. The third-order valence-corrected chi connectivity index (χ3v) is 5.49. The Kier molecular flexibility index (Phi) is 6.62. The number of ether oxygens (including phenoxy) is 1. The number of nitrogens with one attached hydrogen (secondary N) is 1. The van der Waals surface area contributed by atoms with E-state index in [0.717, 1.165) is 0 Å². The first-order chi connectivity index (χ1) is 12.5. The van der Waals surface area contributed by atoms with Crippen LogP contribution in [0.15, 0.2) is 24.3 Å². The zero-order valence-electron chi connectivity index (χ0n) is 16.2. The zero-order valence-corrected chi connectivity index (χ0v) is 17.0. The van der Waals surface area contributed by atoms with E-state index in [0.29, 0.717) is 31.5 Å². The van der Waals surface area contributed by atoms with Crippen molar-refractivity contribution in [3.8, 4) is 0 Å². The van der Waals surface area contributed by atoms with E-state index in [1.807, 2.05) is 27.7 Å². The molecule has 2 rings (SSSR count). The van der Waals surface area contributed by atoms with Gasteiger partial charge < -0.3 is 9.64 Å². The number of hydrogen-bond acceptors (Lipinski definition) is 4. The first-order valence-electron chi connectivity index (χ1n) is 8.90. The number of benzene rings is 1. The summed E-state index contributed by atoms with van der Waals surface area (Å²) in [6.07, 6.45) is 0.544. The van der Waals surface area contributed by atoms with Gasteiger partial charge in [0.15, 0.2) is 0 Å². The highest BCUT2D eigenvalue weighted by Gasteiger charge is 2.39. The van der Waals surface area contributed by atoms with Crippen LogP contribution < -0.4 is 4.72 Å². The van der Waals surface area contributed by atoms with Crippen LogP contribution in [0.5, 0.6) is 0 Å². The van der Waals surface area contributed by atoms with E-state index < -0.39 is 22.0 Å². The number of piperidine rings is 1. The van der Waals surface area contributed by atoms with Crippen molar-refractivity contribution in [1.29, 1.82) is 0 Å². The largest absolute Gasteiger partial charge is 0.444 e. The molecule has 0 saturated carbocycles. The molecule has 1 aliphatic rings. The van der Waals surface area contributed by atoms with Crippen molar-refractivity contribution in [3.63, 3.8) is 0 Å². The third-order valence-electron chi connectivity index (χ3n) is 4.48. The summed E-state index contributed by atoms with van der Waals surface area (Å²) >= 11 is 0. The zero-order chi connectivity index (χ0) is 20.2. The molecular weight excluding hydrogens is 371 g/mol. The lowest BCUT2D eigenvalue weighted by Gasteiger charge is -2.38. The van der Waals surface area contributed by atoms with Crippen molar-refractivity contribution in [2.75, 3.05) is 13.1 Å². The molecule has 1 saturated heterocycles. The van der Waals surface area contributed by atoms with Crippen molar-refractivity contribution < 1.29 is 22.9 Å². The average Bonchev–Trinajstić information content (AvgIpc) is 2.56. The van der Waals surface area contributed by atoms with Gasteiger partial charge in [-0.1, -0.05) is 19.1 Å². The van der Waals surface area contributed by atoms with E-state index in [2.05, 4.69) is 4.72 Å². The quantitative estimate of drug-likeness (QED) is 0.845. The van der Waals surface area contributed by atoms with Crippen molar-refractivity contribution in [1.82, 2.24) is 9.62 Å². The summed E-state index contributed by atoms with van der Waals surface area (Å²) < 4.78 is 33.0. The standard InChI is InChI=1S/C19H27FN2O4S/c1-18(2,3)26-17(24)22-11-9-19(4,10-12-22)16(23)21-27(25)13-14-5-7-15(20)8-6-14/h5-8H,9-13H2,1-4H3,(H,21,23). The highest BCUT2D eigenvalue weighted by molar-refractivity contribution is 7.82. The first-order valence-corrected chi connectivity index (χ1v) is 10.2. The van der Waals surface area contributed by atoms with Crippen molar-refractivity contribution >= 4 is 23.0 Å². The molecule has 0 spiro atoms. The Bertz CT molecular complexity index is 707. The van der Waals surface area contributed by atoms with Gasteiger partial charge in [-0.2, -0.15) is 0 Å². The second-order valence-electron chi connectivity index (χ2n) is 8.08. The summed E-state index contributed by atoms with van der Waals surface area (Å²) in [7, 11) is -1.59. The lowest BCUT2D eigenvalue weighted by atomic mass is 9.80. The number of carbonyl (C=O) groups is 2. The fraction of sp³-hybridized carbons (Fsp3) is 0.579. The van der Waals surface area contributed by atoms with Gasteiger partial charge in [-0.15, -0.1) is 0 Å². The molecule has 0 bridgehead atoms. The Balaban J connectivity index is 1.86. The fourth-order valence-corrected chi connectivity index (χ4v) is 3.75. The second kappa shape index (κ2) is 8.37. The monoisotopic (exact) mass is 398 g/mol. The molecule has 8 heteroatoms. The maximum Gasteiger partial charge on any atom is 0.410 e. The molecule has 0 aromatic heterocycles. The molecule has 150 valence electrons. The number of likely N-dealkylation sites (tertiary alicyclic amines) is 1. The predicted octanol–water partition coefficient (Wildman–Crippen LogP) is 3.14. The van der Waals surface area contributed by atoms with Gasteiger partial charge in [0, 0.05) is 13.1 Å². The van der Waals surface area contributed by atoms with E-state index in [4.69, 9.17) is 4.74 Å². The molecule has 1 aromatic rings. The van der Waals surface area contributed by atoms with Crippen LogP contribution in [0, 0.1) is 11.2 Å². The maximum absolute atomic E-state index is 12.9. The smallest absolute Gasteiger partial charge is 0.410 e. The molecule has 1 atom stereocenters. The van der Waals surface area contributed by atoms with Gasteiger partial charge in [0.1, 0.15) is 22.4 Å². The summed E-state index contributed by atoms with van der Waals surface area (Å²) in [6.45, 7) is 8.05. The number of halogens is 1. The maximum atomic E-state index is 12.9. The minimum Gasteiger partial charge on any atom is -0.444 e. The highest BCUT2D eigenvalue weighted by atomic mass is 32.2. The topological polar surface area (TPSA) is 75.7 Å². The minimum absolute atomic E-state index is 0.117. The number of hydrogen-bond donors (Lipinski definition) is 1. The molecule has 6 nitrogen and oxygen atoms in total. The lowest BCUT2D eigenvalue weighted by molar-refractivity contribution is -0.130. The Hall–Kier alpha value is -1.96. The van der Waals surface area contributed by atoms with E-state index in [1.165, 1.54) is 12.1 Å². The second-order valence-corrected chi connectivity index (χ2v) is 9.26. The van der Waals surface area contributed by atoms with Crippen molar-refractivity contribution in [3.05, 3.63) is 35.6 Å². The number of carbonyl (C=O) groups excluding carboxylic acids is 2. The van der Waals surface area contributed by atoms with Crippen LogP contribution in [-0.2, 0) is 26.3 Å². The van der Waals surface area contributed by atoms with Crippen LogP contribution in [-0.4, -0.2) is 39.8 Å². The molecule has 1 aromatic carbocycles. The molecular formula is C19H27FN2O4S. The lowest BCUT2D eigenvalue weighted by Crippen LogP contribution is -2.50. The van der Waals surface area contributed by atoms with Crippen LogP contribution >= 0.6 is 0 Å². The van der Waals surface area contributed by atoms with Crippen molar-refractivity contribution in [2.24, 2.45) is 5.41 Å². The predicted molar refractivity (Wildman–Crippen MR) is 102 cm³/mol. The van der Waals surface area contributed by atoms with Crippen LogP contribution in [0.2, 0.25) is 0 Å². The van der Waals surface area contributed by atoms with Gasteiger partial charge in [-0.3, -0.25) is 9.52 Å². The molecule has 0 radical (unpaired) electrons. The summed E-state index contributed by atoms with van der Waals surface area (Å²) in [5, 5.41) is 0. The van der Waals surface area contributed by atoms with Crippen LogP contribution in [0.1, 0.15) is 46.1 Å². The highest BCUT2D eigenvalue weighted by Crippen LogP contribution is 2.32. The van der Waals surface area contributed by atoms with Gasteiger partial charge in [0.25, 0.3) is 0 Å². The van der Waals surface area contributed by atoms with Gasteiger partial charge in [-0.05, 0) is 51.3 Å². The van der Waals surface area contributed by atoms with E-state index in [9.17, 15) is 18.2 Å². The third kappa shape index (κ3) is 6.30. The number of amides is 2. The molecule has 1 aliphatic heterocycles. The SMILES string of the molecule is CC(C)(C)OC(=O)N1CCC(C)(C(=O)NS(=O)Cc2ccc(F)cc2)CC1. The molecule has 2 amide bonds. The molecule has 1 unspecified atom stereocenters. The van der Waals surface area contributed by atoms with Gasteiger partial charge in [-0.25, -0.2) is 13.4 Å². The molecule has 27 heavy (non-hydrogen) atoms. The van der Waals surface area contributed by atoms with Gasteiger partial charge in [0.05, 0.1) is 11.2 Å². The Labute approximate surface area is 162 Å². The molecule has 1 heterocycles. The van der Waals surface area contributed by atoms with E-state index in [1.54, 1.807) is 17.0 Å². The summed E-state index contributed by atoms with van der Waals surface area (Å²) in [5.74, 6) is -0.545. The fourth-order valence-electron chi connectivity index (χ4n) is 2.73. The average molecular weight is 399 g/mol. The summed E-state index contributed by atoms with van der Waals surface area (Å²) in [5.41, 5.74) is -0.580. The normalized spacial score (nSPS) is 17.9. The van der Waals surface area contributed by atoms with E-state index in [-0.39, 0.29) is 23.6 Å². The Morgan fingerprint density at radius 3 is 2.30 bits per heavy atom. The Morgan fingerprint density at radius 1 is 1.22 bits per heavy atom. The van der Waals surface area contributed by atoms with Crippen LogP contribution in [0.4, 0.5) is 9.18 Å². The molecule has 1 N–H and O–H groups in total. The molecule has 1 fully saturated rings. The van der Waals surface area contributed by atoms with E-state index >= 15 is 0 Å². The summed E-state index contributed by atoms with van der Waals surface area (Å²) in [6, 6.07) is 5.67. The Morgan fingerprint density at radius 2 is 1.78 bits per heavy atom. The summed E-state index contributed by atoms with van der Waals surface area (Å²) in [4.78, 5) is 26.3. The first kappa shape index (κ1) is 21.3. The van der Waals surface area contributed by atoms with Gasteiger partial charge in [0.2, 0.25) is 5.91 Å².